The van der Waals surface area contributed by atoms with Gasteiger partial charge in [-0.25, -0.2) is 0 Å². The molecule has 1 aliphatic rings. The molecule has 0 saturated carbocycles. The SMILES string of the molecule is C=C1OCC=C1C(C)C. The molecule has 0 aliphatic carbocycles. The Morgan fingerprint density at radius 3 is 2.56 bits per heavy atom. The van der Waals surface area contributed by atoms with Gasteiger partial charge in [-0.1, -0.05) is 20.4 Å². The van der Waals surface area contributed by atoms with Gasteiger partial charge in [-0.15, -0.1) is 0 Å². The number of hydrogen-bond donors (Lipinski definition) is 0. The molecular weight excluding hydrogens is 112 g/mol. The van der Waals surface area contributed by atoms with Crippen molar-refractivity contribution in [1.82, 2.24) is 0 Å². The van der Waals surface area contributed by atoms with Crippen molar-refractivity contribution >= 4 is 0 Å². The van der Waals surface area contributed by atoms with E-state index in [2.05, 4.69) is 26.5 Å². The van der Waals surface area contributed by atoms with Gasteiger partial charge in [0.25, 0.3) is 0 Å². The van der Waals surface area contributed by atoms with E-state index in [1.54, 1.807) is 0 Å². The van der Waals surface area contributed by atoms with Crippen LogP contribution in [0.1, 0.15) is 13.8 Å². The van der Waals surface area contributed by atoms with Crippen molar-refractivity contribution in [2.45, 2.75) is 13.8 Å². The first-order valence-corrected chi connectivity index (χ1v) is 3.24. The molecule has 1 heterocycles. The lowest BCUT2D eigenvalue weighted by Gasteiger charge is -2.05. The number of hydrogen-bond acceptors (Lipinski definition) is 1. The zero-order valence-electron chi connectivity index (χ0n) is 5.98. The summed E-state index contributed by atoms with van der Waals surface area (Å²) >= 11 is 0. The normalized spacial score (nSPS) is 18.1. The fourth-order valence-corrected chi connectivity index (χ4v) is 0.987. The summed E-state index contributed by atoms with van der Waals surface area (Å²) in [6.45, 7) is 8.77. The largest absolute Gasteiger partial charge is 0.490 e. The fourth-order valence-electron chi connectivity index (χ4n) is 0.987. The molecule has 0 spiro atoms. The Kier molecular flexibility index (Phi) is 1.60. The molecule has 0 amide bonds. The van der Waals surface area contributed by atoms with Crippen LogP contribution in [0.15, 0.2) is 24.0 Å². The second-order valence-corrected chi connectivity index (χ2v) is 2.55. The van der Waals surface area contributed by atoms with Crippen molar-refractivity contribution in [3.8, 4) is 0 Å². The van der Waals surface area contributed by atoms with Gasteiger partial charge in [0, 0.05) is 0 Å². The summed E-state index contributed by atoms with van der Waals surface area (Å²) in [6.07, 6.45) is 2.09. The van der Waals surface area contributed by atoms with Crippen LogP contribution in [-0.2, 0) is 4.74 Å². The number of ether oxygens (including phenoxy) is 1. The van der Waals surface area contributed by atoms with E-state index in [1.165, 1.54) is 5.57 Å². The molecule has 0 bridgehead atoms. The van der Waals surface area contributed by atoms with Crippen molar-refractivity contribution in [3.05, 3.63) is 24.0 Å². The van der Waals surface area contributed by atoms with E-state index in [4.69, 9.17) is 4.74 Å². The first-order valence-electron chi connectivity index (χ1n) is 3.24. The Labute approximate surface area is 56.0 Å². The van der Waals surface area contributed by atoms with E-state index in [0.717, 1.165) is 5.76 Å². The Bertz CT molecular complexity index is 154. The average molecular weight is 124 g/mol. The highest BCUT2D eigenvalue weighted by Crippen LogP contribution is 2.23. The molecule has 0 atom stereocenters. The van der Waals surface area contributed by atoms with Crippen LogP contribution in [0.4, 0.5) is 0 Å². The summed E-state index contributed by atoms with van der Waals surface area (Å²) in [4.78, 5) is 0. The van der Waals surface area contributed by atoms with Crippen molar-refractivity contribution in [3.63, 3.8) is 0 Å². The fraction of sp³-hybridized carbons (Fsp3) is 0.500. The number of allylic oxidation sites excluding steroid dienone is 1. The minimum Gasteiger partial charge on any atom is -0.490 e. The van der Waals surface area contributed by atoms with Crippen LogP contribution in [-0.4, -0.2) is 6.61 Å². The molecule has 9 heavy (non-hydrogen) atoms. The first kappa shape index (κ1) is 6.40. The molecule has 0 radical (unpaired) electrons. The Hall–Kier alpha value is -0.720. The van der Waals surface area contributed by atoms with E-state index < -0.39 is 0 Å². The third kappa shape index (κ3) is 1.15. The first-order chi connectivity index (χ1) is 4.22. The van der Waals surface area contributed by atoms with Gasteiger partial charge in [0.15, 0.2) is 0 Å². The van der Waals surface area contributed by atoms with E-state index in [0.29, 0.717) is 12.5 Å². The lowest BCUT2D eigenvalue weighted by Crippen LogP contribution is -1.92. The van der Waals surface area contributed by atoms with Crippen LogP contribution in [0.25, 0.3) is 0 Å². The van der Waals surface area contributed by atoms with Crippen LogP contribution >= 0.6 is 0 Å². The zero-order chi connectivity index (χ0) is 6.85. The predicted octanol–water partition coefficient (Wildman–Crippen LogP) is 2.11. The van der Waals surface area contributed by atoms with Gasteiger partial charge in [0.1, 0.15) is 12.4 Å². The highest BCUT2D eigenvalue weighted by atomic mass is 16.5. The highest BCUT2D eigenvalue weighted by molar-refractivity contribution is 5.28. The second-order valence-electron chi connectivity index (χ2n) is 2.55. The van der Waals surface area contributed by atoms with Crippen molar-refractivity contribution in [1.29, 1.82) is 0 Å². The number of rotatable bonds is 1. The quantitative estimate of drug-likeness (QED) is 0.520. The van der Waals surface area contributed by atoms with Crippen molar-refractivity contribution in [2.24, 2.45) is 5.92 Å². The average Bonchev–Trinajstić information content (AvgIpc) is 2.13. The van der Waals surface area contributed by atoms with Crippen molar-refractivity contribution in [2.75, 3.05) is 6.61 Å². The molecule has 1 aliphatic heterocycles. The molecule has 0 fully saturated rings. The molecule has 1 rings (SSSR count). The van der Waals surface area contributed by atoms with E-state index >= 15 is 0 Å². The molecule has 0 aromatic heterocycles. The molecule has 1 nitrogen and oxygen atoms in total. The molecule has 50 valence electrons. The molecule has 0 saturated heterocycles. The van der Waals surface area contributed by atoms with Crippen LogP contribution in [0.3, 0.4) is 0 Å². The van der Waals surface area contributed by atoms with Crippen LogP contribution < -0.4 is 0 Å². The third-order valence-corrected chi connectivity index (χ3v) is 1.50. The monoisotopic (exact) mass is 124 g/mol. The van der Waals surface area contributed by atoms with Gasteiger partial charge >= 0.3 is 0 Å². The van der Waals surface area contributed by atoms with E-state index in [1.807, 2.05) is 0 Å². The van der Waals surface area contributed by atoms with Gasteiger partial charge in [-0.2, -0.15) is 0 Å². The standard InChI is InChI=1S/C8H12O/c1-6(2)8-4-5-9-7(8)3/h4,6H,3,5H2,1-2H3. The second kappa shape index (κ2) is 2.26. The molecule has 0 unspecified atom stereocenters. The highest BCUT2D eigenvalue weighted by Gasteiger charge is 2.12. The van der Waals surface area contributed by atoms with Gasteiger partial charge in [-0.3, -0.25) is 0 Å². The van der Waals surface area contributed by atoms with Crippen molar-refractivity contribution < 1.29 is 4.74 Å². The molecule has 1 heteroatoms. The maximum atomic E-state index is 5.14. The Morgan fingerprint density at radius 2 is 2.33 bits per heavy atom. The maximum Gasteiger partial charge on any atom is 0.115 e. The smallest absolute Gasteiger partial charge is 0.115 e. The minimum absolute atomic E-state index is 0.556. The lowest BCUT2D eigenvalue weighted by atomic mass is 10.0. The molecular formula is C8H12O. The van der Waals surface area contributed by atoms with E-state index in [9.17, 15) is 0 Å². The summed E-state index contributed by atoms with van der Waals surface area (Å²) in [6, 6.07) is 0. The third-order valence-electron chi connectivity index (χ3n) is 1.50. The minimum atomic E-state index is 0.556. The van der Waals surface area contributed by atoms with Gasteiger partial charge in [-0.05, 0) is 17.6 Å². The predicted molar refractivity (Wildman–Crippen MR) is 38.0 cm³/mol. The molecule has 0 aromatic carbocycles. The topological polar surface area (TPSA) is 9.23 Å². The lowest BCUT2D eigenvalue weighted by molar-refractivity contribution is 0.275. The van der Waals surface area contributed by atoms with Gasteiger partial charge in [0.05, 0.1) is 0 Å². The van der Waals surface area contributed by atoms with Crippen LogP contribution in [0.2, 0.25) is 0 Å². The zero-order valence-corrected chi connectivity index (χ0v) is 5.98. The van der Waals surface area contributed by atoms with Gasteiger partial charge < -0.3 is 4.74 Å². The van der Waals surface area contributed by atoms with Gasteiger partial charge in [0.2, 0.25) is 0 Å². The maximum absolute atomic E-state index is 5.14. The summed E-state index contributed by atoms with van der Waals surface area (Å²) in [5, 5.41) is 0. The van der Waals surface area contributed by atoms with Crippen LogP contribution in [0, 0.1) is 5.92 Å². The summed E-state index contributed by atoms with van der Waals surface area (Å²) < 4.78 is 5.14. The molecule has 0 aromatic rings. The summed E-state index contributed by atoms with van der Waals surface area (Å²) in [7, 11) is 0. The Balaban J connectivity index is 2.68. The Morgan fingerprint density at radius 1 is 1.67 bits per heavy atom. The summed E-state index contributed by atoms with van der Waals surface area (Å²) in [5.41, 5.74) is 1.26. The van der Waals surface area contributed by atoms with E-state index in [-0.39, 0.29) is 0 Å². The summed E-state index contributed by atoms with van der Waals surface area (Å²) in [5.74, 6) is 1.41. The van der Waals surface area contributed by atoms with Crippen LogP contribution in [0.5, 0.6) is 0 Å². The molecule has 0 N–H and O–H groups in total.